The molecule has 4 rings (SSSR count). The van der Waals surface area contributed by atoms with Gasteiger partial charge in [0.15, 0.2) is 0 Å². The van der Waals surface area contributed by atoms with E-state index >= 15 is 0 Å². The number of nitrogens with zero attached hydrogens (tertiary/aromatic N) is 2. The molecule has 3 fully saturated rings. The van der Waals surface area contributed by atoms with E-state index in [1.54, 1.807) is 7.11 Å². The van der Waals surface area contributed by atoms with Crippen LogP contribution in [0.3, 0.4) is 0 Å². The van der Waals surface area contributed by atoms with Gasteiger partial charge < -0.3 is 15.4 Å². The minimum absolute atomic E-state index is 0.206. The Balaban J connectivity index is 1.33. The number of amides is 1. The second kappa shape index (κ2) is 8.42. The summed E-state index contributed by atoms with van der Waals surface area (Å²) in [4.78, 5) is 17.8. The fraction of sp³-hybridized carbons (Fsp3) is 0.696. The molecule has 2 bridgehead atoms. The Hall–Kier alpha value is -1.59. The first kappa shape index (κ1) is 19.7. The summed E-state index contributed by atoms with van der Waals surface area (Å²) in [5.74, 6) is 2.63. The number of hydrogen-bond donors (Lipinski definition) is 1. The summed E-state index contributed by atoms with van der Waals surface area (Å²) < 4.78 is 5.37. The number of benzene rings is 1. The molecule has 0 radical (unpaired) electrons. The highest BCUT2D eigenvalue weighted by Crippen LogP contribution is 2.42. The molecule has 3 unspecified atom stereocenters. The molecule has 2 N–H and O–H groups in total. The molecule has 0 aromatic heterocycles. The van der Waals surface area contributed by atoms with Gasteiger partial charge in [0.2, 0.25) is 5.91 Å². The summed E-state index contributed by atoms with van der Waals surface area (Å²) >= 11 is 0. The number of methoxy groups -OCH3 is 1. The molecule has 3 atom stereocenters. The lowest BCUT2D eigenvalue weighted by Gasteiger charge is -2.45. The molecule has 1 amide bonds. The lowest BCUT2D eigenvalue weighted by atomic mass is 9.65. The maximum atomic E-state index is 13.2. The Labute approximate surface area is 169 Å². The van der Waals surface area contributed by atoms with Gasteiger partial charge in [0.05, 0.1) is 7.11 Å². The highest BCUT2D eigenvalue weighted by molar-refractivity contribution is 5.79. The van der Waals surface area contributed by atoms with Crippen molar-refractivity contribution in [2.45, 2.75) is 51.1 Å². The average Bonchev–Trinajstić information content (AvgIpc) is 2.72. The minimum atomic E-state index is 0.206. The van der Waals surface area contributed by atoms with Gasteiger partial charge in [0.1, 0.15) is 5.75 Å². The third-order valence-corrected chi connectivity index (χ3v) is 7.51. The minimum Gasteiger partial charge on any atom is -0.497 e. The maximum Gasteiger partial charge on any atom is 0.225 e. The first-order valence-electron chi connectivity index (χ1n) is 11.0. The van der Waals surface area contributed by atoms with Gasteiger partial charge in [-0.2, -0.15) is 0 Å². The molecular weight excluding hydrogens is 350 g/mol. The van der Waals surface area contributed by atoms with Crippen molar-refractivity contribution in [1.82, 2.24) is 9.80 Å². The SMILES string of the molecule is COc1cccc(C(C)N2CCN(C(=O)C3CC4CCCC(C3)C4N)CC2)c1. The third kappa shape index (κ3) is 3.92. The van der Waals surface area contributed by atoms with Crippen LogP contribution in [0.1, 0.15) is 50.6 Å². The van der Waals surface area contributed by atoms with E-state index in [9.17, 15) is 4.79 Å². The standard InChI is InChI=1S/C23H35N3O2/c1-16(17-5-4-8-21(15-17)28-2)25-9-11-26(12-10-25)23(27)20-13-18-6-3-7-19(14-20)22(18)24/h4-5,8,15-16,18-20,22H,3,6-7,9-14,24H2,1-2H3. The van der Waals surface area contributed by atoms with Gasteiger partial charge in [0.25, 0.3) is 0 Å². The summed E-state index contributed by atoms with van der Waals surface area (Å²) in [7, 11) is 1.71. The molecule has 5 nitrogen and oxygen atoms in total. The summed E-state index contributed by atoms with van der Waals surface area (Å²) in [6, 6.07) is 8.98. The third-order valence-electron chi connectivity index (χ3n) is 7.51. The van der Waals surface area contributed by atoms with Crippen LogP contribution in [0.15, 0.2) is 24.3 Å². The highest BCUT2D eigenvalue weighted by Gasteiger charge is 2.42. The molecule has 1 heterocycles. The Kier molecular flexibility index (Phi) is 5.93. The van der Waals surface area contributed by atoms with Crippen LogP contribution in [-0.2, 0) is 4.79 Å². The number of nitrogens with two attached hydrogens (primary N) is 1. The predicted octanol–water partition coefficient (Wildman–Crippen LogP) is 3.05. The zero-order chi connectivity index (χ0) is 19.7. The smallest absolute Gasteiger partial charge is 0.225 e. The van der Waals surface area contributed by atoms with Gasteiger partial charge in [-0.15, -0.1) is 0 Å². The van der Waals surface area contributed by atoms with Crippen molar-refractivity contribution in [3.05, 3.63) is 29.8 Å². The molecule has 1 aliphatic heterocycles. The molecular formula is C23H35N3O2. The molecule has 154 valence electrons. The van der Waals surface area contributed by atoms with Crippen LogP contribution >= 0.6 is 0 Å². The van der Waals surface area contributed by atoms with Crippen molar-refractivity contribution in [1.29, 1.82) is 0 Å². The quantitative estimate of drug-likeness (QED) is 0.865. The summed E-state index contributed by atoms with van der Waals surface area (Å²) in [6.07, 6.45) is 5.75. The molecule has 28 heavy (non-hydrogen) atoms. The first-order chi connectivity index (χ1) is 13.6. The molecule has 1 saturated heterocycles. The summed E-state index contributed by atoms with van der Waals surface area (Å²) in [6.45, 7) is 5.79. The lowest BCUT2D eigenvalue weighted by Crippen LogP contribution is -2.53. The summed E-state index contributed by atoms with van der Waals surface area (Å²) in [5, 5.41) is 0. The van der Waals surface area contributed by atoms with E-state index in [1.807, 2.05) is 6.07 Å². The van der Waals surface area contributed by atoms with Crippen molar-refractivity contribution in [3.63, 3.8) is 0 Å². The first-order valence-corrected chi connectivity index (χ1v) is 11.0. The molecule has 2 saturated carbocycles. The molecule has 1 aromatic rings. The number of carbonyl (C=O) groups excluding carboxylic acids is 1. The molecule has 0 spiro atoms. The predicted molar refractivity (Wildman–Crippen MR) is 111 cm³/mol. The van der Waals surface area contributed by atoms with Gasteiger partial charge >= 0.3 is 0 Å². The van der Waals surface area contributed by atoms with Gasteiger partial charge in [-0.3, -0.25) is 9.69 Å². The molecule has 2 aliphatic carbocycles. The van der Waals surface area contributed by atoms with Crippen LogP contribution in [0.2, 0.25) is 0 Å². The van der Waals surface area contributed by atoms with E-state index in [1.165, 1.54) is 24.8 Å². The summed E-state index contributed by atoms with van der Waals surface area (Å²) in [5.41, 5.74) is 7.68. The molecule has 3 aliphatic rings. The van der Waals surface area contributed by atoms with Crippen molar-refractivity contribution in [3.8, 4) is 5.75 Å². The fourth-order valence-corrected chi connectivity index (χ4v) is 5.69. The van der Waals surface area contributed by atoms with Crippen LogP contribution in [0.4, 0.5) is 0 Å². The van der Waals surface area contributed by atoms with Gasteiger partial charge in [-0.1, -0.05) is 18.6 Å². The number of ether oxygens (including phenoxy) is 1. The topological polar surface area (TPSA) is 58.8 Å². The van der Waals surface area contributed by atoms with Crippen LogP contribution in [0.25, 0.3) is 0 Å². The Morgan fingerprint density at radius 1 is 1.14 bits per heavy atom. The maximum absolute atomic E-state index is 13.2. The zero-order valence-electron chi connectivity index (χ0n) is 17.3. The van der Waals surface area contributed by atoms with Crippen molar-refractivity contribution in [2.75, 3.05) is 33.3 Å². The van der Waals surface area contributed by atoms with Gasteiger partial charge in [0, 0.05) is 44.2 Å². The number of carbonyl (C=O) groups is 1. The largest absolute Gasteiger partial charge is 0.497 e. The van der Waals surface area contributed by atoms with Crippen LogP contribution in [-0.4, -0.2) is 55.0 Å². The van der Waals surface area contributed by atoms with Gasteiger partial charge in [-0.25, -0.2) is 0 Å². The van der Waals surface area contributed by atoms with Gasteiger partial charge in [-0.05, 0) is 62.1 Å². The van der Waals surface area contributed by atoms with E-state index < -0.39 is 0 Å². The Bertz CT molecular complexity index is 672. The Morgan fingerprint density at radius 3 is 2.46 bits per heavy atom. The average molecular weight is 386 g/mol. The Morgan fingerprint density at radius 2 is 1.82 bits per heavy atom. The number of fused-ring (bicyclic) bond motifs is 2. The fourth-order valence-electron chi connectivity index (χ4n) is 5.69. The lowest BCUT2D eigenvalue weighted by molar-refractivity contribution is -0.140. The normalized spacial score (nSPS) is 32.0. The van der Waals surface area contributed by atoms with Crippen LogP contribution < -0.4 is 10.5 Å². The second-order valence-electron chi connectivity index (χ2n) is 9.01. The van der Waals surface area contributed by atoms with Crippen molar-refractivity contribution >= 4 is 5.91 Å². The molecule has 5 heteroatoms. The van der Waals surface area contributed by atoms with E-state index in [4.69, 9.17) is 10.5 Å². The van der Waals surface area contributed by atoms with E-state index in [2.05, 4.69) is 34.9 Å². The van der Waals surface area contributed by atoms with E-state index in [0.29, 0.717) is 29.8 Å². The van der Waals surface area contributed by atoms with E-state index in [-0.39, 0.29) is 5.92 Å². The number of rotatable bonds is 4. The van der Waals surface area contributed by atoms with Crippen molar-refractivity contribution < 1.29 is 9.53 Å². The van der Waals surface area contributed by atoms with Crippen molar-refractivity contribution in [2.24, 2.45) is 23.5 Å². The van der Waals surface area contributed by atoms with Crippen LogP contribution in [0, 0.1) is 17.8 Å². The second-order valence-corrected chi connectivity index (χ2v) is 9.01. The molecule has 1 aromatic carbocycles. The number of hydrogen-bond acceptors (Lipinski definition) is 4. The highest BCUT2D eigenvalue weighted by atomic mass is 16.5. The van der Waals surface area contributed by atoms with E-state index in [0.717, 1.165) is 44.8 Å². The zero-order valence-corrected chi connectivity index (χ0v) is 17.3. The van der Waals surface area contributed by atoms with Crippen LogP contribution in [0.5, 0.6) is 5.75 Å². The monoisotopic (exact) mass is 385 g/mol. The number of piperazine rings is 1.